The van der Waals surface area contributed by atoms with Crippen LogP contribution in [0.3, 0.4) is 0 Å². The van der Waals surface area contributed by atoms with E-state index in [1.165, 1.54) is 32.1 Å². The van der Waals surface area contributed by atoms with Crippen LogP contribution in [-0.4, -0.2) is 101 Å². The molecule has 0 radical (unpaired) electrons. The highest BCUT2D eigenvalue weighted by atomic mass is 19.3. The van der Waals surface area contributed by atoms with Crippen LogP contribution in [0.4, 0.5) is 18.0 Å². The second-order valence-corrected chi connectivity index (χ2v) is 15.5. The molecule has 2 amide bonds. The molecule has 6 aliphatic rings. The Morgan fingerprint density at radius 1 is 1.02 bits per heavy atom. The van der Waals surface area contributed by atoms with E-state index in [1.807, 2.05) is 6.92 Å². The second-order valence-electron chi connectivity index (χ2n) is 15.5. The van der Waals surface area contributed by atoms with Crippen molar-refractivity contribution in [3.05, 3.63) is 11.7 Å². The third kappa shape index (κ3) is 6.38. The highest BCUT2D eigenvalue weighted by Crippen LogP contribution is 2.45. The number of halogens is 3. The minimum absolute atomic E-state index is 0.181. The fourth-order valence-corrected chi connectivity index (χ4v) is 8.51. The molecule has 1 aromatic heterocycles. The normalized spacial score (nSPS) is 36.1. The summed E-state index contributed by atoms with van der Waals surface area (Å²) in [4.78, 5) is 24.7. The van der Waals surface area contributed by atoms with E-state index in [4.69, 9.17) is 4.52 Å². The molecule has 6 atom stereocenters. The van der Waals surface area contributed by atoms with E-state index in [2.05, 4.69) is 32.3 Å². The van der Waals surface area contributed by atoms with Crippen LogP contribution in [0.25, 0.3) is 0 Å². The number of piperidine rings is 1. The lowest BCUT2D eigenvalue weighted by atomic mass is 9.73. The smallest absolute Gasteiger partial charge is 0.317 e. The van der Waals surface area contributed by atoms with Gasteiger partial charge in [-0.3, -0.25) is 4.90 Å². The van der Waals surface area contributed by atoms with Gasteiger partial charge in [-0.05, 0) is 82.6 Å². The van der Waals surface area contributed by atoms with Crippen LogP contribution < -0.4 is 5.32 Å². The highest BCUT2D eigenvalue weighted by molar-refractivity contribution is 5.75. The van der Waals surface area contributed by atoms with Crippen LogP contribution in [0.2, 0.25) is 0 Å². The van der Waals surface area contributed by atoms with E-state index >= 15 is 8.78 Å². The van der Waals surface area contributed by atoms with Gasteiger partial charge in [-0.15, -0.1) is 0 Å². The average Bonchev–Trinajstić information content (AvgIpc) is 3.88. The number of urea groups is 1. The molecule has 1 N–H and O–H groups in total. The summed E-state index contributed by atoms with van der Waals surface area (Å²) in [6.45, 7) is 5.72. The third-order valence-corrected chi connectivity index (χ3v) is 12.2. The molecule has 7 rings (SSSR count). The van der Waals surface area contributed by atoms with Gasteiger partial charge in [0.15, 0.2) is 5.82 Å². The summed E-state index contributed by atoms with van der Waals surface area (Å²) in [6.07, 6.45) is 10.3. The zero-order valence-electron chi connectivity index (χ0n) is 26.5. The number of aromatic nitrogens is 2. The summed E-state index contributed by atoms with van der Waals surface area (Å²) >= 11 is 0. The molecule has 1 unspecified atom stereocenters. The Bertz CT molecular complexity index is 1170. The first-order valence-corrected chi connectivity index (χ1v) is 17.5. The molecule has 3 heterocycles. The van der Waals surface area contributed by atoms with E-state index < -0.39 is 29.6 Å². The predicted octanol–water partition coefficient (Wildman–Crippen LogP) is 5.74. The summed E-state index contributed by atoms with van der Waals surface area (Å²) < 4.78 is 50.3. The number of rotatable bonds is 8. The average molecular weight is 621 g/mol. The summed E-state index contributed by atoms with van der Waals surface area (Å²) in [5, 5.41) is 7.02. The quantitative estimate of drug-likeness (QED) is 0.400. The van der Waals surface area contributed by atoms with Crippen molar-refractivity contribution in [1.82, 2.24) is 30.2 Å². The van der Waals surface area contributed by atoms with Gasteiger partial charge in [-0.25, -0.2) is 18.0 Å². The molecule has 1 aromatic rings. The first-order valence-electron chi connectivity index (χ1n) is 17.5. The molecule has 2 saturated heterocycles. The maximum atomic E-state index is 15.7. The van der Waals surface area contributed by atoms with E-state index in [0.29, 0.717) is 74.8 Å². The Kier molecular flexibility index (Phi) is 8.42. The first-order chi connectivity index (χ1) is 21.1. The Hall–Kier alpha value is -1.88. The predicted molar refractivity (Wildman–Crippen MR) is 160 cm³/mol. The zero-order chi connectivity index (χ0) is 30.6. The number of hydrogen-bond donors (Lipinski definition) is 1. The van der Waals surface area contributed by atoms with Crippen LogP contribution in [0.15, 0.2) is 4.52 Å². The number of carbonyl (C=O) groups is 1. The lowest BCUT2D eigenvalue weighted by Crippen LogP contribution is -2.64. The van der Waals surface area contributed by atoms with E-state index in [-0.39, 0.29) is 18.4 Å². The van der Waals surface area contributed by atoms with Crippen molar-refractivity contribution >= 4 is 6.03 Å². The lowest BCUT2D eigenvalue weighted by Gasteiger charge is -2.46. The topological polar surface area (TPSA) is 77.7 Å². The van der Waals surface area contributed by atoms with E-state index in [1.54, 1.807) is 4.90 Å². The van der Waals surface area contributed by atoms with Gasteiger partial charge in [-0.1, -0.05) is 31.3 Å². The van der Waals surface area contributed by atoms with Gasteiger partial charge in [0.05, 0.1) is 5.92 Å². The summed E-state index contributed by atoms with van der Waals surface area (Å²) in [6, 6.07) is -1.44. The van der Waals surface area contributed by atoms with Gasteiger partial charge in [0, 0.05) is 56.6 Å². The van der Waals surface area contributed by atoms with Crippen molar-refractivity contribution in [2.75, 3.05) is 39.8 Å². The molecule has 0 bridgehead atoms. The van der Waals surface area contributed by atoms with Crippen molar-refractivity contribution in [3.8, 4) is 0 Å². The standard InChI is InChI=1S/C33H51F3N6O2/c1-32(30-38-29(44-39-30)25-18-26(25)34)12-15-41(16-13-32)31(43)37-28-27(7-4-11-33(28,35)36)42-14-10-24(40(2)19-21-8-9-21)17-23(20-42)22-5-3-6-22/h21-28H,3-20H2,1-2H3,(H,37,43)/t23?,24-,25-,26+,27+,28-/m1/s1. The van der Waals surface area contributed by atoms with Gasteiger partial charge >= 0.3 is 6.03 Å². The number of carbonyl (C=O) groups excluding carboxylic acids is 1. The third-order valence-electron chi connectivity index (χ3n) is 12.2. The SMILES string of the molecule is CN(CC1CC1)[C@@H]1CCN([C@H]2CCCC(F)(F)[C@@H]2NC(=O)N2CCC(C)(c3noc([C@@H]4C[C@@H]4F)n3)CC2)CC(C2CCC2)C1. The molecule has 4 aliphatic carbocycles. The highest BCUT2D eigenvalue weighted by Gasteiger charge is 2.51. The van der Waals surface area contributed by atoms with Gasteiger partial charge in [0.1, 0.15) is 12.2 Å². The Morgan fingerprint density at radius 3 is 2.43 bits per heavy atom. The van der Waals surface area contributed by atoms with E-state index in [9.17, 15) is 9.18 Å². The summed E-state index contributed by atoms with van der Waals surface area (Å²) in [5.74, 6) is -0.263. The van der Waals surface area contributed by atoms with Gasteiger partial charge in [-0.2, -0.15) is 4.98 Å². The molecule has 6 fully saturated rings. The number of likely N-dealkylation sites (tertiary alicyclic amines) is 2. The lowest BCUT2D eigenvalue weighted by molar-refractivity contribution is -0.0941. The number of nitrogens with zero attached hydrogens (tertiary/aromatic N) is 5. The minimum Gasteiger partial charge on any atom is -0.339 e. The fourth-order valence-electron chi connectivity index (χ4n) is 8.51. The number of hydrogen-bond acceptors (Lipinski definition) is 6. The zero-order valence-corrected chi connectivity index (χ0v) is 26.5. The van der Waals surface area contributed by atoms with Crippen molar-refractivity contribution in [3.63, 3.8) is 0 Å². The summed E-state index contributed by atoms with van der Waals surface area (Å²) in [7, 11) is 2.27. The van der Waals surface area contributed by atoms with Crippen molar-refractivity contribution < 1.29 is 22.5 Å². The molecule has 0 aromatic carbocycles. The van der Waals surface area contributed by atoms with E-state index in [0.717, 1.165) is 38.4 Å². The first kappa shape index (κ1) is 30.8. The van der Waals surface area contributed by atoms with Crippen LogP contribution in [0, 0.1) is 17.8 Å². The number of nitrogens with one attached hydrogen (secondary N) is 1. The Morgan fingerprint density at radius 2 is 1.77 bits per heavy atom. The molecule has 11 heteroatoms. The van der Waals surface area contributed by atoms with Gasteiger partial charge in [0.2, 0.25) is 5.89 Å². The molecule has 8 nitrogen and oxygen atoms in total. The summed E-state index contributed by atoms with van der Waals surface area (Å²) in [5.41, 5.74) is -0.400. The van der Waals surface area contributed by atoms with Crippen molar-refractivity contribution in [2.45, 2.75) is 132 Å². The molecular formula is C33H51F3N6O2. The van der Waals surface area contributed by atoms with Gasteiger partial charge in [0.25, 0.3) is 5.92 Å². The van der Waals surface area contributed by atoms with Crippen LogP contribution >= 0.6 is 0 Å². The molecular weight excluding hydrogens is 569 g/mol. The fraction of sp³-hybridized carbons (Fsp3) is 0.909. The minimum atomic E-state index is -2.94. The molecule has 4 saturated carbocycles. The Labute approximate surface area is 259 Å². The maximum absolute atomic E-state index is 15.7. The van der Waals surface area contributed by atoms with Crippen molar-refractivity contribution in [1.29, 1.82) is 0 Å². The Balaban J connectivity index is 1.01. The molecule has 0 spiro atoms. The van der Waals surface area contributed by atoms with Crippen molar-refractivity contribution in [2.24, 2.45) is 17.8 Å². The maximum Gasteiger partial charge on any atom is 0.317 e. The largest absolute Gasteiger partial charge is 0.339 e. The number of amides is 2. The number of alkyl halides is 3. The molecule has 44 heavy (non-hydrogen) atoms. The molecule has 2 aliphatic heterocycles. The van der Waals surface area contributed by atoms with Crippen LogP contribution in [0.5, 0.6) is 0 Å². The van der Waals surface area contributed by atoms with Crippen LogP contribution in [-0.2, 0) is 5.41 Å². The molecule has 246 valence electrons. The van der Waals surface area contributed by atoms with Gasteiger partial charge < -0.3 is 19.6 Å². The van der Waals surface area contributed by atoms with Crippen LogP contribution in [0.1, 0.15) is 108 Å². The monoisotopic (exact) mass is 620 g/mol. The second kappa shape index (κ2) is 12.0.